The monoisotopic (exact) mass is 322 g/mol. The molecule has 0 fully saturated rings. The molecule has 92 valence electrons. The second-order valence-corrected chi connectivity index (χ2v) is 5.55. The van der Waals surface area contributed by atoms with E-state index in [9.17, 15) is 4.79 Å². The number of carbonyl (C=O) groups excluding carboxylic acids is 1. The Kier molecular flexibility index (Phi) is 4.66. The predicted octanol–water partition coefficient (Wildman–Crippen LogP) is 3.20. The van der Waals surface area contributed by atoms with Crippen LogP contribution in [0.15, 0.2) is 51.4 Å². The molecule has 5 heteroatoms. The van der Waals surface area contributed by atoms with Crippen LogP contribution in [0.5, 0.6) is 0 Å². The van der Waals surface area contributed by atoms with Gasteiger partial charge in [-0.25, -0.2) is 5.43 Å². The minimum Gasteiger partial charge on any atom is -0.273 e. The molecular formula is C13H11BrN2OS. The van der Waals surface area contributed by atoms with Gasteiger partial charge in [0.25, 0.3) is 0 Å². The first-order chi connectivity index (χ1) is 8.74. The summed E-state index contributed by atoms with van der Waals surface area (Å²) in [5, 5.41) is 5.87. The molecule has 18 heavy (non-hydrogen) atoms. The molecule has 1 amide bonds. The van der Waals surface area contributed by atoms with Crippen LogP contribution in [0, 0.1) is 0 Å². The highest BCUT2D eigenvalue weighted by molar-refractivity contribution is 9.10. The van der Waals surface area contributed by atoms with Crippen LogP contribution in [0.3, 0.4) is 0 Å². The maximum absolute atomic E-state index is 11.5. The average molecular weight is 323 g/mol. The fourth-order valence-corrected chi connectivity index (χ4v) is 2.31. The number of nitrogens with zero attached hydrogens (tertiary/aromatic N) is 1. The lowest BCUT2D eigenvalue weighted by molar-refractivity contribution is -0.120. The van der Waals surface area contributed by atoms with E-state index in [0.29, 0.717) is 6.42 Å². The molecule has 1 aromatic heterocycles. The summed E-state index contributed by atoms with van der Waals surface area (Å²) in [6.45, 7) is 0. The summed E-state index contributed by atoms with van der Waals surface area (Å²) < 4.78 is 1.02. The Morgan fingerprint density at radius 1 is 1.33 bits per heavy atom. The quantitative estimate of drug-likeness (QED) is 0.681. The summed E-state index contributed by atoms with van der Waals surface area (Å²) in [5.74, 6) is -0.106. The number of rotatable bonds is 4. The van der Waals surface area contributed by atoms with Crippen LogP contribution in [0.1, 0.15) is 10.4 Å². The van der Waals surface area contributed by atoms with E-state index in [1.54, 1.807) is 17.6 Å². The van der Waals surface area contributed by atoms with E-state index < -0.39 is 0 Å². The molecule has 0 radical (unpaired) electrons. The zero-order valence-electron chi connectivity index (χ0n) is 9.47. The van der Waals surface area contributed by atoms with Gasteiger partial charge in [-0.1, -0.05) is 34.1 Å². The number of thiophene rings is 1. The first-order valence-electron chi connectivity index (χ1n) is 5.34. The van der Waals surface area contributed by atoms with E-state index >= 15 is 0 Å². The van der Waals surface area contributed by atoms with Gasteiger partial charge in [0.1, 0.15) is 0 Å². The largest absolute Gasteiger partial charge is 0.273 e. The van der Waals surface area contributed by atoms with Crippen LogP contribution >= 0.6 is 27.3 Å². The van der Waals surface area contributed by atoms with Crippen LogP contribution in [-0.2, 0) is 11.2 Å². The number of halogens is 1. The molecule has 0 aliphatic heterocycles. The number of benzene rings is 1. The lowest BCUT2D eigenvalue weighted by atomic mass is 10.2. The predicted molar refractivity (Wildman–Crippen MR) is 77.9 cm³/mol. The molecule has 1 N–H and O–H groups in total. The lowest BCUT2D eigenvalue weighted by Gasteiger charge is -1.97. The smallest absolute Gasteiger partial charge is 0.245 e. The molecule has 0 unspecified atom stereocenters. The van der Waals surface area contributed by atoms with Gasteiger partial charge < -0.3 is 0 Å². The summed E-state index contributed by atoms with van der Waals surface area (Å²) in [6, 6.07) is 11.5. The minimum absolute atomic E-state index is 0.106. The van der Waals surface area contributed by atoms with Gasteiger partial charge in [0, 0.05) is 9.35 Å². The van der Waals surface area contributed by atoms with Crippen LogP contribution in [0.25, 0.3) is 0 Å². The second kappa shape index (κ2) is 6.47. The SMILES string of the molecule is O=C(Cc1cccs1)NN=Cc1ccc(Br)cc1. The molecule has 0 aliphatic rings. The van der Waals surface area contributed by atoms with E-state index in [1.165, 1.54) is 0 Å². The molecule has 0 saturated carbocycles. The molecule has 0 spiro atoms. The van der Waals surface area contributed by atoms with Crippen molar-refractivity contribution in [2.24, 2.45) is 5.10 Å². The van der Waals surface area contributed by atoms with Gasteiger partial charge in [0.15, 0.2) is 0 Å². The number of amides is 1. The van der Waals surface area contributed by atoms with E-state index in [0.717, 1.165) is 14.9 Å². The van der Waals surface area contributed by atoms with Gasteiger partial charge in [-0.05, 0) is 29.1 Å². The number of hydrogen-bond acceptors (Lipinski definition) is 3. The third-order valence-electron chi connectivity index (χ3n) is 2.19. The molecule has 1 aromatic carbocycles. The zero-order valence-corrected chi connectivity index (χ0v) is 11.9. The van der Waals surface area contributed by atoms with E-state index in [1.807, 2.05) is 41.8 Å². The number of hydrogen-bond donors (Lipinski definition) is 1. The Labute approximate surface area is 118 Å². The summed E-state index contributed by atoms with van der Waals surface area (Å²) >= 11 is 4.92. The van der Waals surface area contributed by atoms with Crippen molar-refractivity contribution < 1.29 is 4.79 Å². The molecule has 1 heterocycles. The summed E-state index contributed by atoms with van der Waals surface area (Å²) in [7, 11) is 0. The molecular weight excluding hydrogens is 312 g/mol. The lowest BCUT2D eigenvalue weighted by Crippen LogP contribution is -2.19. The highest BCUT2D eigenvalue weighted by atomic mass is 79.9. The number of carbonyl (C=O) groups is 1. The van der Waals surface area contributed by atoms with Crippen molar-refractivity contribution in [1.82, 2.24) is 5.43 Å². The van der Waals surface area contributed by atoms with Gasteiger partial charge in [-0.3, -0.25) is 4.79 Å². The fraction of sp³-hybridized carbons (Fsp3) is 0.0769. The third-order valence-corrected chi connectivity index (χ3v) is 3.59. The highest BCUT2D eigenvalue weighted by Crippen LogP contribution is 2.09. The Hall–Kier alpha value is -1.46. The molecule has 2 rings (SSSR count). The van der Waals surface area contributed by atoms with Gasteiger partial charge in [-0.2, -0.15) is 5.10 Å². The Balaban J connectivity index is 1.84. The Morgan fingerprint density at radius 3 is 2.78 bits per heavy atom. The maximum Gasteiger partial charge on any atom is 0.245 e. The molecule has 0 saturated heterocycles. The topological polar surface area (TPSA) is 41.5 Å². The van der Waals surface area contributed by atoms with Crippen molar-refractivity contribution >= 4 is 39.4 Å². The number of hydrazone groups is 1. The van der Waals surface area contributed by atoms with Crippen molar-refractivity contribution in [1.29, 1.82) is 0 Å². The van der Waals surface area contributed by atoms with E-state index in [-0.39, 0.29) is 5.91 Å². The first-order valence-corrected chi connectivity index (χ1v) is 7.01. The summed E-state index contributed by atoms with van der Waals surface area (Å²) in [4.78, 5) is 12.6. The molecule has 2 aromatic rings. The van der Waals surface area contributed by atoms with Crippen molar-refractivity contribution in [2.45, 2.75) is 6.42 Å². The van der Waals surface area contributed by atoms with Crippen molar-refractivity contribution in [3.05, 3.63) is 56.7 Å². The second-order valence-electron chi connectivity index (χ2n) is 3.60. The highest BCUT2D eigenvalue weighted by Gasteiger charge is 2.01. The molecule has 0 aliphatic carbocycles. The third kappa shape index (κ3) is 4.09. The van der Waals surface area contributed by atoms with Crippen LogP contribution in [-0.4, -0.2) is 12.1 Å². The van der Waals surface area contributed by atoms with Crippen LogP contribution < -0.4 is 5.43 Å². The van der Waals surface area contributed by atoms with Gasteiger partial charge >= 0.3 is 0 Å². The van der Waals surface area contributed by atoms with Crippen molar-refractivity contribution in [3.63, 3.8) is 0 Å². The van der Waals surface area contributed by atoms with Gasteiger partial charge in [0.05, 0.1) is 12.6 Å². The minimum atomic E-state index is -0.106. The van der Waals surface area contributed by atoms with E-state index in [4.69, 9.17) is 0 Å². The summed E-state index contributed by atoms with van der Waals surface area (Å²) in [6.07, 6.45) is 1.99. The molecule has 0 atom stereocenters. The first kappa shape index (κ1) is 13.0. The van der Waals surface area contributed by atoms with E-state index in [2.05, 4.69) is 26.5 Å². The fourth-order valence-electron chi connectivity index (χ4n) is 1.34. The molecule has 0 bridgehead atoms. The number of nitrogens with one attached hydrogen (secondary N) is 1. The van der Waals surface area contributed by atoms with Crippen LogP contribution in [0.2, 0.25) is 0 Å². The van der Waals surface area contributed by atoms with Crippen molar-refractivity contribution in [3.8, 4) is 0 Å². The molecule has 3 nitrogen and oxygen atoms in total. The normalized spacial score (nSPS) is 10.7. The van der Waals surface area contributed by atoms with Gasteiger partial charge in [0.2, 0.25) is 5.91 Å². The maximum atomic E-state index is 11.5. The van der Waals surface area contributed by atoms with Crippen molar-refractivity contribution in [2.75, 3.05) is 0 Å². The average Bonchev–Trinajstić information content (AvgIpc) is 2.84. The summed E-state index contributed by atoms with van der Waals surface area (Å²) in [5.41, 5.74) is 3.45. The van der Waals surface area contributed by atoms with Gasteiger partial charge in [-0.15, -0.1) is 11.3 Å². The Bertz CT molecular complexity index is 535. The van der Waals surface area contributed by atoms with Crippen LogP contribution in [0.4, 0.5) is 0 Å². The Morgan fingerprint density at radius 2 is 2.11 bits per heavy atom. The zero-order chi connectivity index (χ0) is 12.8. The standard InChI is InChI=1S/C13H11BrN2OS/c14-11-5-3-10(4-6-11)9-15-16-13(17)8-12-2-1-7-18-12/h1-7,9H,8H2,(H,16,17).